The number of halogens is 1. The van der Waals surface area contributed by atoms with Gasteiger partial charge >= 0.3 is 0 Å². The van der Waals surface area contributed by atoms with Crippen LogP contribution in [0.3, 0.4) is 0 Å². The van der Waals surface area contributed by atoms with Crippen LogP contribution in [-0.2, 0) is 6.54 Å². The van der Waals surface area contributed by atoms with Crippen molar-refractivity contribution in [3.05, 3.63) is 20.8 Å². The predicted octanol–water partition coefficient (Wildman–Crippen LogP) is 3.18. The molecule has 1 N–H and O–H groups in total. The molecule has 2 heterocycles. The molecule has 0 unspecified atom stereocenters. The van der Waals surface area contributed by atoms with Crippen LogP contribution in [0.25, 0.3) is 0 Å². The largest absolute Gasteiger partial charge is 0.369 e. The second-order valence-corrected chi connectivity index (χ2v) is 5.28. The van der Waals surface area contributed by atoms with Gasteiger partial charge in [-0.3, -0.25) is 4.99 Å². The molecular formula is C10H13BrN2S. The second-order valence-electron chi connectivity index (χ2n) is 3.37. The molecule has 0 amide bonds. The van der Waals surface area contributed by atoms with Gasteiger partial charge in [0.25, 0.3) is 0 Å². The smallest absolute Gasteiger partial charge is 0.0965 e. The van der Waals surface area contributed by atoms with E-state index in [-0.39, 0.29) is 0 Å². The normalized spacial score (nSPS) is 16.5. The second kappa shape index (κ2) is 4.94. The molecule has 0 aromatic carbocycles. The predicted molar refractivity (Wildman–Crippen MR) is 65.0 cm³/mol. The van der Waals surface area contributed by atoms with Crippen molar-refractivity contribution in [3.63, 3.8) is 0 Å². The molecule has 4 heteroatoms. The monoisotopic (exact) mass is 272 g/mol. The maximum atomic E-state index is 4.45. The Balaban J connectivity index is 1.84. The molecule has 2 nitrogen and oxygen atoms in total. The fraction of sp³-hybridized carbons (Fsp3) is 0.500. The first-order valence-corrected chi connectivity index (χ1v) is 6.52. The van der Waals surface area contributed by atoms with Crippen molar-refractivity contribution in [2.75, 3.05) is 6.54 Å². The van der Waals surface area contributed by atoms with Gasteiger partial charge in [-0.25, -0.2) is 0 Å². The Kier molecular flexibility index (Phi) is 3.59. The summed E-state index contributed by atoms with van der Waals surface area (Å²) in [5.41, 5.74) is 0. The highest BCUT2D eigenvalue weighted by Gasteiger charge is 2.04. The maximum Gasteiger partial charge on any atom is 0.0965 e. The van der Waals surface area contributed by atoms with Crippen molar-refractivity contribution < 1.29 is 0 Å². The van der Waals surface area contributed by atoms with Crippen molar-refractivity contribution in [1.29, 1.82) is 0 Å². The molecule has 14 heavy (non-hydrogen) atoms. The van der Waals surface area contributed by atoms with Crippen LogP contribution >= 0.6 is 27.3 Å². The Bertz CT molecular complexity index is 333. The zero-order valence-corrected chi connectivity index (χ0v) is 10.3. The zero-order chi connectivity index (χ0) is 9.80. The van der Waals surface area contributed by atoms with Gasteiger partial charge in [-0.2, -0.15) is 0 Å². The first-order valence-electron chi connectivity index (χ1n) is 4.85. The summed E-state index contributed by atoms with van der Waals surface area (Å²) in [6.07, 6.45) is 3.64. The van der Waals surface area contributed by atoms with Gasteiger partial charge in [0.05, 0.1) is 12.4 Å². The van der Waals surface area contributed by atoms with E-state index >= 15 is 0 Å². The molecule has 1 aliphatic heterocycles. The lowest BCUT2D eigenvalue weighted by molar-refractivity contribution is 0.707. The average Bonchev–Trinajstić information content (AvgIpc) is 2.63. The van der Waals surface area contributed by atoms with Crippen molar-refractivity contribution >= 4 is 33.1 Å². The summed E-state index contributed by atoms with van der Waals surface area (Å²) in [5.74, 6) is 1.18. The third-order valence-corrected chi connectivity index (χ3v) is 3.91. The van der Waals surface area contributed by atoms with Gasteiger partial charge in [0, 0.05) is 27.7 Å². The maximum absolute atomic E-state index is 4.45. The van der Waals surface area contributed by atoms with Gasteiger partial charge in [-0.1, -0.05) is 0 Å². The summed E-state index contributed by atoms with van der Waals surface area (Å²) in [6.45, 7) is 1.91. The molecule has 2 rings (SSSR count). The Labute approximate surface area is 96.6 Å². The molecule has 1 aliphatic rings. The summed E-state index contributed by atoms with van der Waals surface area (Å²) in [6, 6.07) is 2.15. The number of nitrogens with zero attached hydrogens (tertiary/aromatic N) is 1. The van der Waals surface area contributed by atoms with E-state index in [1.807, 2.05) is 0 Å². The molecule has 1 aromatic heterocycles. The molecule has 1 aromatic rings. The third-order valence-electron chi connectivity index (χ3n) is 2.21. The molecule has 0 radical (unpaired) electrons. The summed E-state index contributed by atoms with van der Waals surface area (Å²) in [4.78, 5) is 5.80. The van der Waals surface area contributed by atoms with Crippen LogP contribution in [0, 0.1) is 0 Å². The van der Waals surface area contributed by atoms with Gasteiger partial charge in [0.15, 0.2) is 0 Å². The molecule has 0 saturated carbocycles. The number of hydrogen-bond acceptors (Lipinski definition) is 3. The van der Waals surface area contributed by atoms with Crippen LogP contribution in [0.2, 0.25) is 0 Å². The lowest BCUT2D eigenvalue weighted by atomic mass is 10.2. The SMILES string of the molecule is Brc1csc(CNC2=NCCCC2)c1. The van der Waals surface area contributed by atoms with Crippen molar-refractivity contribution in [1.82, 2.24) is 5.32 Å². The van der Waals surface area contributed by atoms with E-state index in [2.05, 4.69) is 37.7 Å². The molecule has 0 aliphatic carbocycles. The number of hydrogen-bond donors (Lipinski definition) is 1. The Morgan fingerprint density at radius 2 is 2.43 bits per heavy atom. The van der Waals surface area contributed by atoms with Crippen LogP contribution in [0.5, 0.6) is 0 Å². The summed E-state index contributed by atoms with van der Waals surface area (Å²) in [7, 11) is 0. The summed E-state index contributed by atoms with van der Waals surface area (Å²) < 4.78 is 1.17. The van der Waals surface area contributed by atoms with E-state index in [0.29, 0.717) is 0 Å². The van der Waals surface area contributed by atoms with Crippen LogP contribution in [0.1, 0.15) is 24.1 Å². The lowest BCUT2D eigenvalue weighted by Gasteiger charge is -2.12. The van der Waals surface area contributed by atoms with Crippen LogP contribution in [0.4, 0.5) is 0 Å². The van der Waals surface area contributed by atoms with Gasteiger partial charge in [0.1, 0.15) is 0 Å². The van der Waals surface area contributed by atoms with E-state index in [4.69, 9.17) is 0 Å². The minimum Gasteiger partial charge on any atom is -0.369 e. The lowest BCUT2D eigenvalue weighted by Crippen LogP contribution is -2.24. The molecule has 76 valence electrons. The van der Waals surface area contributed by atoms with Crippen LogP contribution in [-0.4, -0.2) is 12.4 Å². The van der Waals surface area contributed by atoms with Crippen LogP contribution in [0.15, 0.2) is 20.9 Å². The number of rotatable bonds is 2. The Hall–Kier alpha value is -0.350. The average molecular weight is 273 g/mol. The molecule has 0 spiro atoms. The van der Waals surface area contributed by atoms with E-state index in [1.54, 1.807) is 11.3 Å². The zero-order valence-electron chi connectivity index (χ0n) is 7.92. The fourth-order valence-electron chi connectivity index (χ4n) is 1.48. The minimum atomic E-state index is 0.912. The van der Waals surface area contributed by atoms with E-state index < -0.39 is 0 Å². The molecular weight excluding hydrogens is 260 g/mol. The number of amidine groups is 1. The van der Waals surface area contributed by atoms with E-state index in [0.717, 1.165) is 19.5 Å². The first-order chi connectivity index (χ1) is 6.84. The quantitative estimate of drug-likeness (QED) is 0.879. The number of aliphatic imine (C=N–C) groups is 1. The van der Waals surface area contributed by atoms with Crippen molar-refractivity contribution in [2.45, 2.75) is 25.8 Å². The summed E-state index contributed by atoms with van der Waals surface area (Å²) in [5, 5.41) is 5.50. The highest BCUT2D eigenvalue weighted by molar-refractivity contribution is 9.10. The van der Waals surface area contributed by atoms with Gasteiger partial charge in [0.2, 0.25) is 0 Å². The topological polar surface area (TPSA) is 24.4 Å². The molecule has 0 atom stereocenters. The fourth-order valence-corrected chi connectivity index (χ4v) is 2.87. The standard InChI is InChI=1S/C10H13BrN2S/c11-8-5-9(14-7-8)6-13-10-3-1-2-4-12-10/h5,7H,1-4,6H2,(H,12,13). The minimum absolute atomic E-state index is 0.912. The summed E-state index contributed by atoms with van der Waals surface area (Å²) >= 11 is 5.22. The number of nitrogens with one attached hydrogen (secondary N) is 1. The highest BCUT2D eigenvalue weighted by atomic mass is 79.9. The van der Waals surface area contributed by atoms with E-state index in [9.17, 15) is 0 Å². The van der Waals surface area contributed by atoms with Gasteiger partial charge in [-0.15, -0.1) is 11.3 Å². The Morgan fingerprint density at radius 1 is 1.50 bits per heavy atom. The van der Waals surface area contributed by atoms with Crippen LogP contribution < -0.4 is 5.32 Å². The third kappa shape index (κ3) is 2.82. The first kappa shape index (κ1) is 10.2. The van der Waals surface area contributed by atoms with Crippen molar-refractivity contribution in [3.8, 4) is 0 Å². The van der Waals surface area contributed by atoms with Crippen molar-refractivity contribution in [2.24, 2.45) is 4.99 Å². The van der Waals surface area contributed by atoms with Gasteiger partial charge < -0.3 is 5.32 Å². The molecule has 0 saturated heterocycles. The highest BCUT2D eigenvalue weighted by Crippen LogP contribution is 2.19. The molecule has 0 bridgehead atoms. The Morgan fingerprint density at radius 3 is 3.07 bits per heavy atom. The van der Waals surface area contributed by atoms with E-state index in [1.165, 1.54) is 28.0 Å². The van der Waals surface area contributed by atoms with Gasteiger partial charge in [-0.05, 0) is 34.8 Å². The molecule has 0 fully saturated rings. The number of thiophene rings is 1.